The lowest BCUT2D eigenvalue weighted by molar-refractivity contribution is 0.219. The molecule has 0 aliphatic rings. The summed E-state index contributed by atoms with van der Waals surface area (Å²) in [5.41, 5.74) is 0.941. The van der Waals surface area contributed by atoms with Gasteiger partial charge in [-0.25, -0.2) is 4.39 Å². The summed E-state index contributed by atoms with van der Waals surface area (Å²) >= 11 is 5.96. The fraction of sp³-hybridized carbons (Fsp3) is 0.308. The largest absolute Gasteiger partial charge is 0.383 e. The molecule has 1 aromatic heterocycles. The third-order valence-corrected chi connectivity index (χ3v) is 3.06. The van der Waals surface area contributed by atoms with Crippen molar-refractivity contribution in [2.45, 2.75) is 26.0 Å². The highest BCUT2D eigenvalue weighted by atomic mass is 35.5. The summed E-state index contributed by atoms with van der Waals surface area (Å²) in [6.07, 6.45) is 2.32. The second-order valence-corrected chi connectivity index (χ2v) is 4.82. The Morgan fingerprint density at radius 3 is 2.72 bits per heavy atom. The fourth-order valence-corrected chi connectivity index (χ4v) is 1.90. The van der Waals surface area contributed by atoms with Gasteiger partial charge in [0.2, 0.25) is 0 Å². The Morgan fingerprint density at radius 1 is 1.39 bits per heavy atom. The van der Waals surface area contributed by atoms with Crippen LogP contribution < -0.4 is 0 Å². The molecule has 2 rings (SSSR count). The van der Waals surface area contributed by atoms with Gasteiger partial charge in [-0.2, -0.15) is 5.10 Å². The zero-order valence-corrected chi connectivity index (χ0v) is 10.9. The average molecular weight is 269 g/mol. The van der Waals surface area contributed by atoms with E-state index in [-0.39, 0.29) is 6.04 Å². The van der Waals surface area contributed by atoms with E-state index >= 15 is 0 Å². The number of nitrogens with zero attached hydrogens (tertiary/aromatic N) is 2. The lowest BCUT2D eigenvalue weighted by Crippen LogP contribution is -2.02. The van der Waals surface area contributed by atoms with Gasteiger partial charge in [-0.1, -0.05) is 11.6 Å². The molecule has 5 heteroatoms. The van der Waals surface area contributed by atoms with Gasteiger partial charge < -0.3 is 5.11 Å². The molecule has 1 heterocycles. The summed E-state index contributed by atoms with van der Waals surface area (Å²) in [4.78, 5) is 0. The molecule has 0 saturated carbocycles. The van der Waals surface area contributed by atoms with E-state index in [2.05, 4.69) is 5.10 Å². The quantitative estimate of drug-likeness (QED) is 0.927. The van der Waals surface area contributed by atoms with Crippen molar-refractivity contribution in [3.8, 4) is 0 Å². The number of benzene rings is 1. The molecular weight excluding hydrogens is 255 g/mol. The Balaban J connectivity index is 2.34. The van der Waals surface area contributed by atoms with Crippen LogP contribution in [0, 0.1) is 5.82 Å². The minimum atomic E-state index is -0.972. The summed E-state index contributed by atoms with van der Waals surface area (Å²) in [6.45, 7) is 3.97. The molecule has 0 spiro atoms. The second-order valence-electron chi connectivity index (χ2n) is 4.42. The Labute approximate surface area is 110 Å². The van der Waals surface area contributed by atoms with E-state index in [0.29, 0.717) is 16.1 Å². The van der Waals surface area contributed by atoms with E-state index in [1.807, 2.05) is 13.8 Å². The maximum Gasteiger partial charge on any atom is 0.123 e. The molecular formula is C13H14ClFN2O. The molecule has 0 aliphatic carbocycles. The van der Waals surface area contributed by atoms with Crippen LogP contribution in [0.5, 0.6) is 0 Å². The first-order valence-electron chi connectivity index (χ1n) is 5.66. The normalized spacial score (nSPS) is 13.0. The maximum atomic E-state index is 13.2. The van der Waals surface area contributed by atoms with Crippen molar-refractivity contribution in [3.05, 3.63) is 52.6 Å². The molecule has 0 fully saturated rings. The van der Waals surface area contributed by atoms with Crippen molar-refractivity contribution in [2.75, 3.05) is 0 Å². The van der Waals surface area contributed by atoms with Crippen LogP contribution in [0.1, 0.15) is 37.1 Å². The highest BCUT2D eigenvalue weighted by Gasteiger charge is 2.17. The SMILES string of the molecule is CC(C)n1cc(C(O)c2cc(F)ccc2Cl)cn1. The van der Waals surface area contributed by atoms with Crippen LogP contribution in [0.4, 0.5) is 4.39 Å². The van der Waals surface area contributed by atoms with Gasteiger partial charge in [0.1, 0.15) is 11.9 Å². The number of aliphatic hydroxyl groups excluding tert-OH is 1. The van der Waals surface area contributed by atoms with E-state index in [9.17, 15) is 9.50 Å². The Hall–Kier alpha value is -1.39. The van der Waals surface area contributed by atoms with E-state index in [4.69, 9.17) is 11.6 Å². The average Bonchev–Trinajstić information content (AvgIpc) is 2.81. The topological polar surface area (TPSA) is 38.0 Å². The minimum absolute atomic E-state index is 0.203. The highest BCUT2D eigenvalue weighted by molar-refractivity contribution is 6.31. The molecule has 0 aliphatic heterocycles. The number of halogens is 2. The van der Waals surface area contributed by atoms with E-state index in [0.717, 1.165) is 0 Å². The first-order valence-corrected chi connectivity index (χ1v) is 6.04. The van der Waals surface area contributed by atoms with Crippen molar-refractivity contribution < 1.29 is 9.50 Å². The van der Waals surface area contributed by atoms with Crippen molar-refractivity contribution in [3.63, 3.8) is 0 Å². The summed E-state index contributed by atoms with van der Waals surface area (Å²) in [7, 11) is 0. The van der Waals surface area contributed by atoms with Gasteiger partial charge in [0.15, 0.2) is 0 Å². The van der Waals surface area contributed by atoms with Crippen LogP contribution >= 0.6 is 11.6 Å². The van der Waals surface area contributed by atoms with Gasteiger partial charge in [0.25, 0.3) is 0 Å². The van der Waals surface area contributed by atoms with Gasteiger partial charge in [-0.15, -0.1) is 0 Å². The molecule has 0 saturated heterocycles. The molecule has 2 aromatic rings. The van der Waals surface area contributed by atoms with Crippen molar-refractivity contribution >= 4 is 11.6 Å². The monoisotopic (exact) mass is 268 g/mol. The van der Waals surface area contributed by atoms with Gasteiger partial charge in [0, 0.05) is 28.4 Å². The molecule has 0 bridgehead atoms. The first-order chi connectivity index (χ1) is 8.49. The van der Waals surface area contributed by atoms with Gasteiger partial charge in [0.05, 0.1) is 6.20 Å². The highest BCUT2D eigenvalue weighted by Crippen LogP contribution is 2.28. The van der Waals surface area contributed by atoms with Gasteiger partial charge >= 0.3 is 0 Å². The molecule has 18 heavy (non-hydrogen) atoms. The van der Waals surface area contributed by atoms with E-state index < -0.39 is 11.9 Å². The lowest BCUT2D eigenvalue weighted by Gasteiger charge is -2.11. The molecule has 1 N–H and O–H groups in total. The Bertz CT molecular complexity index is 554. The number of aliphatic hydroxyl groups is 1. The zero-order valence-electron chi connectivity index (χ0n) is 10.1. The van der Waals surface area contributed by atoms with Crippen LogP contribution in [0.15, 0.2) is 30.6 Å². The Morgan fingerprint density at radius 2 is 2.11 bits per heavy atom. The second kappa shape index (κ2) is 5.08. The molecule has 1 aromatic carbocycles. The molecule has 96 valence electrons. The smallest absolute Gasteiger partial charge is 0.123 e. The van der Waals surface area contributed by atoms with Crippen molar-refractivity contribution in [1.82, 2.24) is 9.78 Å². The molecule has 0 radical (unpaired) electrons. The summed E-state index contributed by atoms with van der Waals surface area (Å²) < 4.78 is 14.9. The standard InChI is InChI=1S/C13H14ClFN2O/c1-8(2)17-7-9(6-16-17)13(18)11-5-10(15)3-4-12(11)14/h3-8,13,18H,1-2H3. The number of hydrogen-bond donors (Lipinski definition) is 1. The van der Waals surface area contributed by atoms with E-state index in [1.165, 1.54) is 18.2 Å². The predicted molar refractivity (Wildman–Crippen MR) is 68.1 cm³/mol. The summed E-state index contributed by atoms with van der Waals surface area (Å²) in [5.74, 6) is -0.426. The molecule has 1 atom stereocenters. The third-order valence-electron chi connectivity index (χ3n) is 2.72. The minimum Gasteiger partial charge on any atom is -0.383 e. The summed E-state index contributed by atoms with van der Waals surface area (Å²) in [6, 6.07) is 4.13. The predicted octanol–water partition coefficient (Wildman–Crippen LogP) is 3.34. The lowest BCUT2D eigenvalue weighted by atomic mass is 10.0. The zero-order chi connectivity index (χ0) is 13.3. The van der Waals surface area contributed by atoms with Gasteiger partial charge in [-0.3, -0.25) is 4.68 Å². The molecule has 1 unspecified atom stereocenters. The first kappa shape index (κ1) is 13.1. The van der Waals surface area contributed by atoms with E-state index in [1.54, 1.807) is 17.1 Å². The van der Waals surface area contributed by atoms with Gasteiger partial charge in [-0.05, 0) is 32.0 Å². The van der Waals surface area contributed by atoms with Crippen LogP contribution in [-0.2, 0) is 0 Å². The third kappa shape index (κ3) is 2.54. The molecule has 0 amide bonds. The molecule has 3 nitrogen and oxygen atoms in total. The summed E-state index contributed by atoms with van der Waals surface area (Å²) in [5, 5.41) is 14.7. The number of hydrogen-bond acceptors (Lipinski definition) is 2. The number of rotatable bonds is 3. The fourth-order valence-electron chi connectivity index (χ4n) is 1.68. The van der Waals surface area contributed by atoms with Crippen LogP contribution in [0.3, 0.4) is 0 Å². The van der Waals surface area contributed by atoms with Crippen LogP contribution in [0.2, 0.25) is 5.02 Å². The van der Waals surface area contributed by atoms with Crippen molar-refractivity contribution in [2.24, 2.45) is 0 Å². The van der Waals surface area contributed by atoms with Crippen LogP contribution in [0.25, 0.3) is 0 Å². The van der Waals surface area contributed by atoms with Crippen molar-refractivity contribution in [1.29, 1.82) is 0 Å². The number of aromatic nitrogens is 2. The Kier molecular flexibility index (Phi) is 3.68. The van der Waals surface area contributed by atoms with Crippen LogP contribution in [-0.4, -0.2) is 14.9 Å². The maximum absolute atomic E-state index is 13.2.